The van der Waals surface area contributed by atoms with Crippen LogP contribution in [-0.4, -0.2) is 24.5 Å². The van der Waals surface area contributed by atoms with Gasteiger partial charge in [0.2, 0.25) is 5.91 Å². The standard InChI is InChI=1S/C16H30N2O/c1-3-9-16(10-11-16)12-17-13(2)15(19)18-14-7-5-4-6-8-14/h13-14,17H,3-12H2,1-2H3,(H,18,19). The maximum absolute atomic E-state index is 12.1. The predicted octanol–water partition coefficient (Wildman–Crippen LogP) is 2.99. The molecule has 0 radical (unpaired) electrons. The number of hydrogen-bond donors (Lipinski definition) is 2. The molecule has 0 heterocycles. The molecule has 2 rings (SSSR count). The minimum atomic E-state index is -0.0451. The molecule has 0 aromatic rings. The van der Waals surface area contributed by atoms with Crippen LogP contribution < -0.4 is 10.6 Å². The highest BCUT2D eigenvalue weighted by atomic mass is 16.2. The third-order valence-electron chi connectivity index (χ3n) is 4.87. The highest BCUT2D eigenvalue weighted by Crippen LogP contribution is 2.48. The van der Waals surface area contributed by atoms with Crippen molar-refractivity contribution in [1.29, 1.82) is 0 Å². The van der Waals surface area contributed by atoms with E-state index >= 15 is 0 Å². The number of carbonyl (C=O) groups excluding carboxylic acids is 1. The van der Waals surface area contributed by atoms with Crippen LogP contribution in [0.2, 0.25) is 0 Å². The van der Waals surface area contributed by atoms with Gasteiger partial charge in [0.15, 0.2) is 0 Å². The fraction of sp³-hybridized carbons (Fsp3) is 0.938. The number of nitrogens with one attached hydrogen (secondary N) is 2. The van der Waals surface area contributed by atoms with Gasteiger partial charge in [-0.1, -0.05) is 32.6 Å². The fourth-order valence-electron chi connectivity index (χ4n) is 3.26. The van der Waals surface area contributed by atoms with E-state index in [9.17, 15) is 4.79 Å². The molecule has 110 valence electrons. The number of rotatable bonds is 7. The smallest absolute Gasteiger partial charge is 0.237 e. The van der Waals surface area contributed by atoms with E-state index in [0.29, 0.717) is 11.5 Å². The van der Waals surface area contributed by atoms with Crippen molar-refractivity contribution < 1.29 is 4.79 Å². The van der Waals surface area contributed by atoms with Gasteiger partial charge in [-0.15, -0.1) is 0 Å². The van der Waals surface area contributed by atoms with Crippen LogP contribution in [0.4, 0.5) is 0 Å². The van der Waals surface area contributed by atoms with Gasteiger partial charge in [0, 0.05) is 12.6 Å². The first-order valence-corrected chi connectivity index (χ1v) is 8.19. The first-order chi connectivity index (χ1) is 9.15. The van der Waals surface area contributed by atoms with E-state index in [2.05, 4.69) is 17.6 Å². The molecule has 2 N–H and O–H groups in total. The van der Waals surface area contributed by atoms with Crippen LogP contribution in [0.15, 0.2) is 0 Å². The van der Waals surface area contributed by atoms with Gasteiger partial charge in [-0.2, -0.15) is 0 Å². The lowest BCUT2D eigenvalue weighted by Crippen LogP contribution is -2.48. The van der Waals surface area contributed by atoms with Crippen LogP contribution in [0, 0.1) is 5.41 Å². The normalized spacial score (nSPS) is 23.9. The van der Waals surface area contributed by atoms with Crippen molar-refractivity contribution in [2.75, 3.05) is 6.54 Å². The quantitative estimate of drug-likeness (QED) is 0.744. The maximum atomic E-state index is 12.1. The molecule has 19 heavy (non-hydrogen) atoms. The van der Waals surface area contributed by atoms with Gasteiger partial charge in [-0.3, -0.25) is 4.79 Å². The topological polar surface area (TPSA) is 41.1 Å². The van der Waals surface area contributed by atoms with Crippen LogP contribution in [-0.2, 0) is 4.79 Å². The summed E-state index contributed by atoms with van der Waals surface area (Å²) in [5.41, 5.74) is 0.522. The molecule has 3 heteroatoms. The zero-order valence-corrected chi connectivity index (χ0v) is 12.6. The van der Waals surface area contributed by atoms with Gasteiger partial charge in [0.05, 0.1) is 6.04 Å². The Balaban J connectivity index is 1.67. The van der Waals surface area contributed by atoms with Crippen molar-refractivity contribution in [2.45, 2.75) is 83.7 Å². The molecule has 2 fully saturated rings. The molecular weight excluding hydrogens is 236 g/mol. The van der Waals surface area contributed by atoms with Gasteiger partial charge < -0.3 is 10.6 Å². The van der Waals surface area contributed by atoms with Gasteiger partial charge >= 0.3 is 0 Å². The summed E-state index contributed by atoms with van der Waals surface area (Å²) in [6.07, 6.45) is 11.4. The van der Waals surface area contributed by atoms with E-state index in [1.165, 1.54) is 44.9 Å². The molecule has 0 aliphatic heterocycles. The van der Waals surface area contributed by atoms with Crippen LogP contribution in [0.1, 0.15) is 71.6 Å². The van der Waals surface area contributed by atoms with Crippen molar-refractivity contribution in [3.8, 4) is 0 Å². The summed E-state index contributed by atoms with van der Waals surface area (Å²) in [5.74, 6) is 0.194. The Hall–Kier alpha value is -0.570. The summed E-state index contributed by atoms with van der Waals surface area (Å²) >= 11 is 0. The summed E-state index contributed by atoms with van der Waals surface area (Å²) in [4.78, 5) is 12.1. The average molecular weight is 266 g/mol. The number of hydrogen-bond acceptors (Lipinski definition) is 2. The molecule has 0 bridgehead atoms. The van der Waals surface area contributed by atoms with Crippen LogP contribution in [0.5, 0.6) is 0 Å². The third kappa shape index (κ3) is 4.48. The summed E-state index contributed by atoms with van der Waals surface area (Å²) in [5, 5.41) is 6.65. The Morgan fingerprint density at radius 3 is 2.53 bits per heavy atom. The molecule has 3 nitrogen and oxygen atoms in total. The largest absolute Gasteiger partial charge is 0.352 e. The summed E-state index contributed by atoms with van der Waals surface area (Å²) in [6, 6.07) is 0.382. The molecule has 2 aliphatic carbocycles. The number of amides is 1. The van der Waals surface area contributed by atoms with Crippen molar-refractivity contribution in [2.24, 2.45) is 5.41 Å². The maximum Gasteiger partial charge on any atom is 0.237 e. The Morgan fingerprint density at radius 1 is 1.26 bits per heavy atom. The first kappa shape index (κ1) is 14.8. The van der Waals surface area contributed by atoms with Crippen LogP contribution >= 0.6 is 0 Å². The van der Waals surface area contributed by atoms with E-state index < -0.39 is 0 Å². The molecule has 0 spiro atoms. The molecular formula is C16H30N2O. The highest BCUT2D eigenvalue weighted by Gasteiger charge is 2.41. The molecule has 1 unspecified atom stereocenters. The predicted molar refractivity (Wildman–Crippen MR) is 79.1 cm³/mol. The zero-order chi connectivity index (χ0) is 13.7. The monoisotopic (exact) mass is 266 g/mol. The van der Waals surface area contributed by atoms with E-state index in [1.54, 1.807) is 0 Å². The van der Waals surface area contributed by atoms with E-state index in [1.807, 2.05) is 6.92 Å². The Morgan fingerprint density at radius 2 is 1.95 bits per heavy atom. The molecule has 2 aliphatic rings. The van der Waals surface area contributed by atoms with Gasteiger partial charge in [-0.05, 0) is 44.4 Å². The fourth-order valence-corrected chi connectivity index (χ4v) is 3.26. The number of carbonyl (C=O) groups is 1. The highest BCUT2D eigenvalue weighted by molar-refractivity contribution is 5.81. The lowest BCUT2D eigenvalue weighted by molar-refractivity contribution is -0.123. The van der Waals surface area contributed by atoms with Gasteiger partial charge in [0.1, 0.15) is 0 Å². The summed E-state index contributed by atoms with van der Waals surface area (Å²) in [7, 11) is 0. The second kappa shape index (κ2) is 6.74. The van der Waals surface area contributed by atoms with Crippen molar-refractivity contribution >= 4 is 5.91 Å². The molecule has 0 saturated heterocycles. The van der Waals surface area contributed by atoms with E-state index in [-0.39, 0.29) is 11.9 Å². The van der Waals surface area contributed by atoms with Crippen molar-refractivity contribution in [3.05, 3.63) is 0 Å². The molecule has 2 saturated carbocycles. The van der Waals surface area contributed by atoms with Crippen LogP contribution in [0.25, 0.3) is 0 Å². The SMILES string of the molecule is CCCC1(CNC(C)C(=O)NC2CCCCC2)CC1. The van der Waals surface area contributed by atoms with Crippen molar-refractivity contribution in [3.63, 3.8) is 0 Å². The summed E-state index contributed by atoms with van der Waals surface area (Å²) in [6.45, 7) is 5.26. The van der Waals surface area contributed by atoms with Gasteiger partial charge in [-0.25, -0.2) is 0 Å². The molecule has 1 amide bonds. The van der Waals surface area contributed by atoms with Crippen LogP contribution in [0.3, 0.4) is 0 Å². The van der Waals surface area contributed by atoms with Gasteiger partial charge in [0.25, 0.3) is 0 Å². The third-order valence-corrected chi connectivity index (χ3v) is 4.87. The van der Waals surface area contributed by atoms with E-state index in [4.69, 9.17) is 0 Å². The lowest BCUT2D eigenvalue weighted by Gasteiger charge is -2.25. The zero-order valence-electron chi connectivity index (χ0n) is 12.6. The Kier molecular flexibility index (Phi) is 5.26. The Labute approximate surface area is 117 Å². The average Bonchev–Trinajstić information content (AvgIpc) is 3.18. The molecule has 1 atom stereocenters. The minimum absolute atomic E-state index is 0.0451. The molecule has 0 aromatic heterocycles. The molecule has 0 aromatic carbocycles. The second-order valence-corrected chi connectivity index (χ2v) is 6.70. The minimum Gasteiger partial charge on any atom is -0.352 e. The van der Waals surface area contributed by atoms with Crippen molar-refractivity contribution in [1.82, 2.24) is 10.6 Å². The summed E-state index contributed by atoms with van der Waals surface area (Å²) < 4.78 is 0. The van der Waals surface area contributed by atoms with E-state index in [0.717, 1.165) is 19.4 Å². The first-order valence-electron chi connectivity index (χ1n) is 8.19. The lowest BCUT2D eigenvalue weighted by atomic mass is 9.95. The Bertz CT molecular complexity index is 293. The second-order valence-electron chi connectivity index (χ2n) is 6.70.